The largest absolute Gasteiger partial charge is 0.353 e. The number of carbonyl (C=O) groups excluding carboxylic acids is 2. The lowest BCUT2D eigenvalue weighted by Gasteiger charge is -2.37. The summed E-state index contributed by atoms with van der Waals surface area (Å²) in [6.07, 6.45) is 7.49. The average Bonchev–Trinajstić information content (AvgIpc) is 3.45. The number of hydrogen-bond acceptors (Lipinski definition) is 3. The summed E-state index contributed by atoms with van der Waals surface area (Å²) in [6, 6.07) is 11.3. The first-order valence-corrected chi connectivity index (χ1v) is 11.5. The molecule has 2 aliphatic carbocycles. The molecule has 2 amide bonds. The molecule has 2 bridgehead atoms. The fourth-order valence-electron chi connectivity index (χ4n) is 6.21. The Morgan fingerprint density at radius 2 is 1.83 bits per heavy atom. The molecule has 1 aromatic carbocycles. The van der Waals surface area contributed by atoms with Crippen LogP contribution in [0.15, 0.2) is 30.3 Å². The minimum atomic E-state index is -0.149. The van der Waals surface area contributed by atoms with E-state index in [4.69, 9.17) is 0 Å². The van der Waals surface area contributed by atoms with Crippen molar-refractivity contribution in [1.82, 2.24) is 15.1 Å². The predicted molar refractivity (Wildman–Crippen MR) is 112 cm³/mol. The van der Waals surface area contributed by atoms with Crippen LogP contribution in [0.25, 0.3) is 0 Å². The highest BCUT2D eigenvalue weighted by molar-refractivity contribution is 5.89. The number of likely N-dealkylation sites (tertiary alicyclic amines) is 2. The molecule has 156 valence electrons. The topological polar surface area (TPSA) is 52.7 Å². The Morgan fingerprint density at radius 3 is 2.52 bits per heavy atom. The van der Waals surface area contributed by atoms with E-state index in [0.29, 0.717) is 31.0 Å². The van der Waals surface area contributed by atoms with Gasteiger partial charge in [0.2, 0.25) is 11.8 Å². The maximum atomic E-state index is 12.8. The lowest BCUT2D eigenvalue weighted by molar-refractivity contribution is -0.131. The van der Waals surface area contributed by atoms with Gasteiger partial charge in [-0.15, -0.1) is 0 Å². The van der Waals surface area contributed by atoms with Gasteiger partial charge in [0.15, 0.2) is 0 Å². The van der Waals surface area contributed by atoms with Crippen molar-refractivity contribution in [1.29, 1.82) is 0 Å². The van der Waals surface area contributed by atoms with Crippen LogP contribution >= 0.6 is 0 Å². The van der Waals surface area contributed by atoms with Crippen molar-refractivity contribution in [3.8, 4) is 0 Å². The van der Waals surface area contributed by atoms with Gasteiger partial charge in [0, 0.05) is 44.7 Å². The zero-order valence-electron chi connectivity index (χ0n) is 17.3. The number of fused-ring (bicyclic) bond motifs is 2. The Hall–Kier alpha value is -1.88. The molecule has 4 atom stereocenters. The summed E-state index contributed by atoms with van der Waals surface area (Å²) in [5.41, 5.74) is 1.35. The van der Waals surface area contributed by atoms with Crippen LogP contribution in [0.5, 0.6) is 0 Å². The molecule has 29 heavy (non-hydrogen) atoms. The predicted octanol–water partition coefficient (Wildman–Crippen LogP) is 2.80. The lowest BCUT2D eigenvalue weighted by atomic mass is 9.94. The molecule has 2 heterocycles. The second kappa shape index (κ2) is 8.10. The summed E-state index contributed by atoms with van der Waals surface area (Å²) in [6.45, 7) is 3.64. The SMILES string of the molecule is O=C(N[C@H]1C[C@H]2CC[C@H]1C2)[C@@H]1CC(=O)N(C2CCN(Cc3ccccc3)CC2)C1. The number of benzene rings is 1. The van der Waals surface area contributed by atoms with Crippen LogP contribution in [0, 0.1) is 17.8 Å². The van der Waals surface area contributed by atoms with E-state index >= 15 is 0 Å². The maximum Gasteiger partial charge on any atom is 0.225 e. The fourth-order valence-corrected chi connectivity index (χ4v) is 6.21. The Balaban J connectivity index is 1.11. The van der Waals surface area contributed by atoms with E-state index in [1.54, 1.807) is 0 Å². The zero-order valence-corrected chi connectivity index (χ0v) is 17.3. The quantitative estimate of drug-likeness (QED) is 0.834. The zero-order chi connectivity index (χ0) is 19.8. The summed E-state index contributed by atoms with van der Waals surface area (Å²) in [5, 5.41) is 3.30. The Morgan fingerprint density at radius 1 is 1.03 bits per heavy atom. The minimum absolute atomic E-state index is 0.125. The third kappa shape index (κ3) is 4.07. The number of nitrogens with one attached hydrogen (secondary N) is 1. The van der Waals surface area contributed by atoms with E-state index in [2.05, 4.69) is 40.5 Å². The average molecular weight is 396 g/mol. The van der Waals surface area contributed by atoms with E-state index < -0.39 is 0 Å². The summed E-state index contributed by atoms with van der Waals surface area (Å²) in [7, 11) is 0. The number of amides is 2. The molecule has 5 nitrogen and oxygen atoms in total. The van der Waals surface area contributed by atoms with Gasteiger partial charge in [-0.1, -0.05) is 36.8 Å². The van der Waals surface area contributed by atoms with Crippen LogP contribution in [0.1, 0.15) is 50.5 Å². The number of piperidine rings is 1. The van der Waals surface area contributed by atoms with Gasteiger partial charge in [-0.3, -0.25) is 14.5 Å². The molecule has 0 radical (unpaired) electrons. The standard InChI is InChI=1S/C24H33N3O2/c28-23-14-20(24(29)25-22-13-18-6-7-19(22)12-18)16-27(23)21-8-10-26(11-9-21)15-17-4-2-1-3-5-17/h1-5,18-22H,6-16H2,(H,25,29)/t18-,19-,20+,22-/m0/s1. The van der Waals surface area contributed by atoms with Gasteiger partial charge in [-0.25, -0.2) is 0 Å². The molecule has 0 spiro atoms. The summed E-state index contributed by atoms with van der Waals surface area (Å²) < 4.78 is 0. The first kappa shape index (κ1) is 19.1. The van der Waals surface area contributed by atoms with Crippen LogP contribution in [0.2, 0.25) is 0 Å². The highest BCUT2D eigenvalue weighted by Crippen LogP contribution is 2.44. The van der Waals surface area contributed by atoms with Crippen LogP contribution in [0.3, 0.4) is 0 Å². The van der Waals surface area contributed by atoms with Gasteiger partial charge in [0.05, 0.1) is 5.92 Å². The fraction of sp³-hybridized carbons (Fsp3) is 0.667. The second-order valence-corrected chi connectivity index (χ2v) is 9.73. The van der Waals surface area contributed by atoms with E-state index in [-0.39, 0.29) is 17.7 Å². The van der Waals surface area contributed by atoms with Gasteiger partial charge in [0.25, 0.3) is 0 Å². The molecule has 0 aromatic heterocycles. The van der Waals surface area contributed by atoms with E-state index in [9.17, 15) is 9.59 Å². The molecular weight excluding hydrogens is 362 g/mol. The molecule has 4 aliphatic rings. The number of nitrogens with zero attached hydrogens (tertiary/aromatic N) is 2. The van der Waals surface area contributed by atoms with Gasteiger partial charge in [-0.2, -0.15) is 0 Å². The molecule has 1 N–H and O–H groups in total. The van der Waals surface area contributed by atoms with Crippen LogP contribution in [-0.4, -0.2) is 53.3 Å². The number of carbonyl (C=O) groups is 2. The monoisotopic (exact) mass is 395 g/mol. The van der Waals surface area contributed by atoms with Crippen LogP contribution in [0.4, 0.5) is 0 Å². The number of rotatable bonds is 5. The van der Waals surface area contributed by atoms with Crippen molar-refractivity contribution in [2.24, 2.45) is 17.8 Å². The summed E-state index contributed by atoms with van der Waals surface area (Å²) >= 11 is 0. The van der Waals surface area contributed by atoms with E-state index in [0.717, 1.165) is 44.8 Å². The first-order chi connectivity index (χ1) is 14.2. The van der Waals surface area contributed by atoms with Gasteiger partial charge in [-0.05, 0) is 49.5 Å². The normalized spacial score (nSPS) is 32.8. The molecular formula is C24H33N3O2. The Labute approximate surface area is 173 Å². The van der Waals surface area contributed by atoms with Crippen molar-refractivity contribution in [2.75, 3.05) is 19.6 Å². The van der Waals surface area contributed by atoms with E-state index in [1.165, 1.54) is 24.8 Å². The number of hydrogen-bond donors (Lipinski definition) is 1. The Bertz CT molecular complexity index is 744. The van der Waals surface area contributed by atoms with E-state index in [1.807, 2.05) is 4.90 Å². The molecule has 1 aromatic rings. The van der Waals surface area contributed by atoms with Crippen molar-refractivity contribution in [3.63, 3.8) is 0 Å². The molecule has 5 heteroatoms. The summed E-state index contributed by atoms with van der Waals surface area (Å²) in [4.78, 5) is 30.0. The van der Waals surface area contributed by atoms with Crippen molar-refractivity contribution in [3.05, 3.63) is 35.9 Å². The highest BCUT2D eigenvalue weighted by Gasteiger charge is 2.43. The third-order valence-electron chi connectivity index (χ3n) is 7.84. The molecule has 5 rings (SSSR count). The lowest BCUT2D eigenvalue weighted by Crippen LogP contribution is -2.46. The minimum Gasteiger partial charge on any atom is -0.353 e. The van der Waals surface area contributed by atoms with Crippen LogP contribution in [-0.2, 0) is 16.1 Å². The van der Waals surface area contributed by atoms with Crippen LogP contribution < -0.4 is 5.32 Å². The Kier molecular flexibility index (Phi) is 5.33. The first-order valence-electron chi connectivity index (χ1n) is 11.5. The van der Waals surface area contributed by atoms with Gasteiger partial charge >= 0.3 is 0 Å². The maximum absolute atomic E-state index is 12.8. The smallest absolute Gasteiger partial charge is 0.225 e. The molecule has 2 saturated heterocycles. The molecule has 4 fully saturated rings. The summed E-state index contributed by atoms with van der Waals surface area (Å²) in [5.74, 6) is 1.67. The van der Waals surface area contributed by atoms with Crippen molar-refractivity contribution in [2.45, 2.75) is 63.6 Å². The van der Waals surface area contributed by atoms with Crippen molar-refractivity contribution < 1.29 is 9.59 Å². The second-order valence-electron chi connectivity index (χ2n) is 9.73. The van der Waals surface area contributed by atoms with Gasteiger partial charge in [0.1, 0.15) is 0 Å². The molecule has 2 aliphatic heterocycles. The highest BCUT2D eigenvalue weighted by atomic mass is 16.2. The van der Waals surface area contributed by atoms with Gasteiger partial charge < -0.3 is 10.2 Å². The van der Waals surface area contributed by atoms with Crippen molar-refractivity contribution >= 4 is 11.8 Å². The third-order valence-corrected chi connectivity index (χ3v) is 7.84. The molecule has 0 unspecified atom stereocenters. The molecule has 2 saturated carbocycles.